The molecule has 1 aliphatic rings. The second-order valence-electron chi connectivity index (χ2n) is 3.71. The summed E-state index contributed by atoms with van der Waals surface area (Å²) in [6.07, 6.45) is -1.90. The Balaban J connectivity index is 2.42. The molecule has 0 aliphatic carbocycles. The van der Waals surface area contributed by atoms with E-state index in [1.807, 2.05) is 6.92 Å². The summed E-state index contributed by atoms with van der Waals surface area (Å²) in [4.78, 5) is 0. The minimum absolute atomic E-state index is 0.159. The summed E-state index contributed by atoms with van der Waals surface area (Å²) in [6, 6.07) is 3.25. The largest absolute Gasteiger partial charge is 0.265 e. The minimum Gasteiger partial charge on any atom is -0.265 e. The molecular formula is C11H11F3N2. The standard InChI is InChI=1S/C11H11F3N2/c1-7-4-5-16(15-7)10-6-8(12)2-3-9(10)11(13)14/h2-3,6,11H,4-5H2,1H3. The first kappa shape index (κ1) is 11.0. The van der Waals surface area contributed by atoms with Gasteiger partial charge in [0.15, 0.2) is 0 Å². The monoisotopic (exact) mass is 228 g/mol. The second kappa shape index (κ2) is 4.15. The Labute approximate surface area is 91.4 Å². The van der Waals surface area contributed by atoms with Crippen LogP contribution in [0.25, 0.3) is 0 Å². The van der Waals surface area contributed by atoms with Crippen LogP contribution >= 0.6 is 0 Å². The van der Waals surface area contributed by atoms with Gasteiger partial charge in [-0.1, -0.05) is 0 Å². The van der Waals surface area contributed by atoms with Crippen LogP contribution in [-0.2, 0) is 0 Å². The fraction of sp³-hybridized carbons (Fsp3) is 0.364. The summed E-state index contributed by atoms with van der Waals surface area (Å²) in [5.41, 5.74) is 0.844. The molecule has 0 saturated heterocycles. The third kappa shape index (κ3) is 2.03. The molecule has 16 heavy (non-hydrogen) atoms. The van der Waals surface area contributed by atoms with Crippen LogP contribution in [0.3, 0.4) is 0 Å². The van der Waals surface area contributed by atoms with E-state index in [2.05, 4.69) is 5.10 Å². The molecule has 1 heterocycles. The molecule has 1 aromatic rings. The molecule has 86 valence electrons. The minimum atomic E-state index is -2.62. The lowest BCUT2D eigenvalue weighted by Crippen LogP contribution is -2.14. The van der Waals surface area contributed by atoms with Gasteiger partial charge in [0.1, 0.15) is 5.82 Å². The molecule has 0 spiro atoms. The van der Waals surface area contributed by atoms with Crippen molar-refractivity contribution in [3.05, 3.63) is 29.6 Å². The lowest BCUT2D eigenvalue weighted by Gasteiger charge is -2.17. The van der Waals surface area contributed by atoms with Crippen LogP contribution in [-0.4, -0.2) is 12.3 Å². The van der Waals surface area contributed by atoms with E-state index in [0.717, 1.165) is 30.3 Å². The van der Waals surface area contributed by atoms with Gasteiger partial charge >= 0.3 is 0 Å². The number of hydrogen-bond acceptors (Lipinski definition) is 2. The van der Waals surface area contributed by atoms with Gasteiger partial charge in [-0.2, -0.15) is 5.10 Å². The second-order valence-corrected chi connectivity index (χ2v) is 3.71. The van der Waals surface area contributed by atoms with Crippen molar-refractivity contribution in [2.75, 3.05) is 11.6 Å². The zero-order valence-corrected chi connectivity index (χ0v) is 8.75. The van der Waals surface area contributed by atoms with Crippen LogP contribution < -0.4 is 5.01 Å². The number of halogens is 3. The molecular weight excluding hydrogens is 217 g/mol. The van der Waals surface area contributed by atoms with Gasteiger partial charge in [0.05, 0.1) is 5.69 Å². The average Bonchev–Trinajstić information content (AvgIpc) is 2.64. The Morgan fingerprint density at radius 3 is 2.69 bits per heavy atom. The van der Waals surface area contributed by atoms with E-state index in [-0.39, 0.29) is 11.3 Å². The molecule has 0 fully saturated rings. The van der Waals surface area contributed by atoms with E-state index in [1.54, 1.807) is 0 Å². The van der Waals surface area contributed by atoms with E-state index in [9.17, 15) is 13.2 Å². The van der Waals surface area contributed by atoms with Crippen molar-refractivity contribution in [3.8, 4) is 0 Å². The fourth-order valence-electron chi connectivity index (χ4n) is 1.67. The van der Waals surface area contributed by atoms with E-state index >= 15 is 0 Å². The quantitative estimate of drug-likeness (QED) is 0.757. The predicted molar refractivity (Wildman–Crippen MR) is 56.4 cm³/mol. The van der Waals surface area contributed by atoms with E-state index in [1.165, 1.54) is 5.01 Å². The zero-order chi connectivity index (χ0) is 11.7. The maximum Gasteiger partial charge on any atom is 0.265 e. The molecule has 0 N–H and O–H groups in total. The fourth-order valence-corrected chi connectivity index (χ4v) is 1.67. The van der Waals surface area contributed by atoms with Crippen molar-refractivity contribution >= 4 is 11.4 Å². The van der Waals surface area contributed by atoms with Crippen molar-refractivity contribution in [1.82, 2.24) is 0 Å². The van der Waals surface area contributed by atoms with Gasteiger partial charge in [-0.15, -0.1) is 0 Å². The van der Waals surface area contributed by atoms with Gasteiger partial charge < -0.3 is 0 Å². The molecule has 1 aromatic carbocycles. The van der Waals surface area contributed by atoms with Crippen LogP contribution in [0, 0.1) is 5.82 Å². The first-order valence-electron chi connectivity index (χ1n) is 4.97. The summed E-state index contributed by atoms with van der Waals surface area (Å²) >= 11 is 0. The summed E-state index contributed by atoms with van der Waals surface area (Å²) in [7, 11) is 0. The van der Waals surface area contributed by atoms with Crippen LogP contribution in [0.2, 0.25) is 0 Å². The highest BCUT2D eigenvalue weighted by Gasteiger charge is 2.21. The number of benzene rings is 1. The zero-order valence-electron chi connectivity index (χ0n) is 8.75. The third-order valence-electron chi connectivity index (χ3n) is 2.48. The molecule has 0 bridgehead atoms. The average molecular weight is 228 g/mol. The Morgan fingerprint density at radius 1 is 1.38 bits per heavy atom. The van der Waals surface area contributed by atoms with Crippen molar-refractivity contribution in [3.63, 3.8) is 0 Å². The molecule has 5 heteroatoms. The molecule has 2 rings (SSSR count). The Bertz CT molecular complexity index is 429. The normalized spacial score (nSPS) is 15.8. The van der Waals surface area contributed by atoms with Crippen molar-refractivity contribution < 1.29 is 13.2 Å². The smallest absolute Gasteiger partial charge is 0.265 e. The number of hydrogen-bond donors (Lipinski definition) is 0. The van der Waals surface area contributed by atoms with Crippen molar-refractivity contribution in [2.24, 2.45) is 5.10 Å². The molecule has 0 radical (unpaired) electrons. The van der Waals surface area contributed by atoms with Crippen molar-refractivity contribution in [2.45, 2.75) is 19.8 Å². The Kier molecular flexibility index (Phi) is 2.85. The van der Waals surface area contributed by atoms with Crippen LogP contribution in [0.5, 0.6) is 0 Å². The van der Waals surface area contributed by atoms with Crippen LogP contribution in [0.4, 0.5) is 18.9 Å². The van der Waals surface area contributed by atoms with Gasteiger partial charge in [-0.25, -0.2) is 13.2 Å². The topological polar surface area (TPSA) is 15.6 Å². The highest BCUT2D eigenvalue weighted by molar-refractivity contribution is 5.85. The molecule has 0 unspecified atom stereocenters. The summed E-state index contributed by atoms with van der Waals surface area (Å²) in [6.45, 7) is 2.34. The lowest BCUT2D eigenvalue weighted by atomic mass is 10.1. The van der Waals surface area contributed by atoms with Crippen molar-refractivity contribution in [1.29, 1.82) is 0 Å². The Hall–Kier alpha value is -1.52. The number of hydrazone groups is 1. The van der Waals surface area contributed by atoms with Crippen LogP contribution in [0.1, 0.15) is 25.3 Å². The highest BCUT2D eigenvalue weighted by Crippen LogP contribution is 2.32. The first-order chi connectivity index (χ1) is 7.58. The summed E-state index contributed by atoms with van der Waals surface area (Å²) in [5, 5.41) is 5.52. The third-order valence-corrected chi connectivity index (χ3v) is 2.48. The summed E-state index contributed by atoms with van der Waals surface area (Å²) in [5.74, 6) is -0.529. The van der Waals surface area contributed by atoms with Gasteiger partial charge in [-0.3, -0.25) is 5.01 Å². The van der Waals surface area contributed by atoms with Gasteiger partial charge in [0.25, 0.3) is 6.43 Å². The maximum atomic E-state index is 13.0. The highest BCUT2D eigenvalue weighted by atomic mass is 19.3. The molecule has 2 nitrogen and oxygen atoms in total. The van der Waals surface area contributed by atoms with Gasteiger partial charge in [0.2, 0.25) is 0 Å². The van der Waals surface area contributed by atoms with E-state index in [0.29, 0.717) is 6.54 Å². The van der Waals surface area contributed by atoms with E-state index in [4.69, 9.17) is 0 Å². The SMILES string of the molecule is CC1=NN(c2cc(F)ccc2C(F)F)CC1. The number of alkyl halides is 2. The number of nitrogens with zero attached hydrogens (tertiary/aromatic N) is 2. The first-order valence-corrected chi connectivity index (χ1v) is 4.97. The predicted octanol–water partition coefficient (Wildman–Crippen LogP) is 3.35. The maximum absolute atomic E-state index is 13.0. The van der Waals surface area contributed by atoms with Crippen LogP contribution in [0.15, 0.2) is 23.3 Å². The summed E-state index contributed by atoms with van der Waals surface area (Å²) < 4.78 is 38.5. The number of anilines is 1. The molecule has 0 amide bonds. The van der Waals surface area contributed by atoms with Gasteiger partial charge in [-0.05, 0) is 25.1 Å². The van der Waals surface area contributed by atoms with Gasteiger partial charge in [0, 0.05) is 24.2 Å². The molecule has 0 aromatic heterocycles. The van der Waals surface area contributed by atoms with E-state index < -0.39 is 12.2 Å². The lowest BCUT2D eigenvalue weighted by molar-refractivity contribution is 0.151. The molecule has 0 atom stereocenters. The number of rotatable bonds is 2. The molecule has 1 aliphatic heterocycles. The molecule has 0 saturated carbocycles. The Morgan fingerprint density at radius 2 is 2.12 bits per heavy atom.